The molecular formula is C17H29NO. The third-order valence-corrected chi connectivity index (χ3v) is 3.12. The molecule has 108 valence electrons. The second kappa shape index (κ2) is 9.99. The molecule has 2 nitrogen and oxygen atoms in total. The van der Waals surface area contributed by atoms with Crippen molar-refractivity contribution in [1.82, 2.24) is 5.32 Å². The Balaban J connectivity index is 2.24. The molecule has 0 aliphatic carbocycles. The maximum atomic E-state index is 5.73. The maximum absolute atomic E-state index is 5.73. The number of rotatable bonds is 10. The van der Waals surface area contributed by atoms with Crippen LogP contribution in [0.15, 0.2) is 24.3 Å². The van der Waals surface area contributed by atoms with Gasteiger partial charge in [-0.1, -0.05) is 64.3 Å². The van der Waals surface area contributed by atoms with E-state index in [1.165, 1.54) is 36.8 Å². The van der Waals surface area contributed by atoms with E-state index in [1.807, 2.05) is 0 Å². The van der Waals surface area contributed by atoms with E-state index >= 15 is 0 Å². The summed E-state index contributed by atoms with van der Waals surface area (Å²) < 4.78 is 5.73. The Labute approximate surface area is 118 Å². The number of nitrogens with one attached hydrogen (secondary N) is 1. The lowest BCUT2D eigenvalue weighted by molar-refractivity contribution is 0.117. The highest BCUT2D eigenvalue weighted by Gasteiger charge is 1.98. The third-order valence-electron chi connectivity index (χ3n) is 3.12. The van der Waals surface area contributed by atoms with Gasteiger partial charge in [-0.05, 0) is 17.5 Å². The Kier molecular flexibility index (Phi) is 8.52. The fourth-order valence-electron chi connectivity index (χ4n) is 1.97. The number of ether oxygens (including phenoxy) is 1. The maximum Gasteiger partial charge on any atom is 0.0716 e. The van der Waals surface area contributed by atoms with Crippen LogP contribution >= 0.6 is 0 Å². The smallest absolute Gasteiger partial charge is 0.0716 e. The molecule has 1 rings (SSSR count). The van der Waals surface area contributed by atoms with Crippen LogP contribution < -0.4 is 5.32 Å². The normalized spacial score (nSPS) is 11.2. The van der Waals surface area contributed by atoms with E-state index in [9.17, 15) is 0 Å². The Bertz CT molecular complexity index is 336. The van der Waals surface area contributed by atoms with Crippen molar-refractivity contribution in [3.63, 3.8) is 0 Å². The van der Waals surface area contributed by atoms with Gasteiger partial charge >= 0.3 is 0 Å². The molecule has 0 fully saturated rings. The SMILES string of the molecule is CCCCCCOCc1cccc(CNC(C)C)c1. The molecule has 0 aromatic heterocycles. The van der Waals surface area contributed by atoms with Gasteiger partial charge < -0.3 is 10.1 Å². The molecule has 0 aliphatic rings. The fraction of sp³-hybridized carbons (Fsp3) is 0.647. The van der Waals surface area contributed by atoms with Gasteiger partial charge in [-0.25, -0.2) is 0 Å². The average molecular weight is 263 g/mol. The second-order valence-electron chi connectivity index (χ2n) is 5.47. The molecule has 0 heterocycles. The summed E-state index contributed by atoms with van der Waals surface area (Å²) in [4.78, 5) is 0. The van der Waals surface area contributed by atoms with Crippen molar-refractivity contribution in [2.24, 2.45) is 0 Å². The van der Waals surface area contributed by atoms with Gasteiger partial charge in [-0.3, -0.25) is 0 Å². The second-order valence-corrected chi connectivity index (χ2v) is 5.47. The number of hydrogen-bond acceptors (Lipinski definition) is 2. The van der Waals surface area contributed by atoms with E-state index in [1.54, 1.807) is 0 Å². The Hall–Kier alpha value is -0.860. The standard InChI is InChI=1S/C17H29NO/c1-4-5-6-7-11-19-14-17-10-8-9-16(12-17)13-18-15(2)3/h8-10,12,15,18H,4-7,11,13-14H2,1-3H3. The molecule has 2 heteroatoms. The quantitative estimate of drug-likeness (QED) is 0.636. The molecule has 0 atom stereocenters. The number of benzene rings is 1. The molecule has 1 aromatic rings. The summed E-state index contributed by atoms with van der Waals surface area (Å²) in [5.74, 6) is 0. The molecule has 0 aliphatic heterocycles. The monoisotopic (exact) mass is 263 g/mol. The van der Waals surface area contributed by atoms with Crippen molar-refractivity contribution in [2.45, 2.75) is 65.6 Å². The Morgan fingerprint density at radius 2 is 1.89 bits per heavy atom. The molecule has 1 aromatic carbocycles. The zero-order chi connectivity index (χ0) is 13.9. The van der Waals surface area contributed by atoms with Crippen molar-refractivity contribution in [3.05, 3.63) is 35.4 Å². The van der Waals surface area contributed by atoms with Gasteiger partial charge in [0.05, 0.1) is 6.61 Å². The minimum Gasteiger partial charge on any atom is -0.377 e. The molecule has 0 radical (unpaired) electrons. The molecule has 0 spiro atoms. The third kappa shape index (κ3) is 8.02. The van der Waals surface area contributed by atoms with E-state index < -0.39 is 0 Å². The van der Waals surface area contributed by atoms with Gasteiger partial charge in [0.15, 0.2) is 0 Å². The first kappa shape index (κ1) is 16.2. The largest absolute Gasteiger partial charge is 0.377 e. The highest BCUT2D eigenvalue weighted by molar-refractivity contribution is 5.22. The van der Waals surface area contributed by atoms with E-state index in [2.05, 4.69) is 50.4 Å². The number of unbranched alkanes of at least 4 members (excludes halogenated alkanes) is 3. The van der Waals surface area contributed by atoms with E-state index in [0.717, 1.165) is 19.8 Å². The van der Waals surface area contributed by atoms with Gasteiger partial charge in [0.1, 0.15) is 0 Å². The van der Waals surface area contributed by atoms with Crippen molar-refractivity contribution in [1.29, 1.82) is 0 Å². The minimum atomic E-state index is 0.526. The predicted octanol–water partition coefficient (Wildman–Crippen LogP) is 4.28. The molecule has 19 heavy (non-hydrogen) atoms. The van der Waals surface area contributed by atoms with Crippen LogP contribution in [-0.2, 0) is 17.9 Å². The Morgan fingerprint density at radius 1 is 1.11 bits per heavy atom. The summed E-state index contributed by atoms with van der Waals surface area (Å²) in [5, 5.41) is 3.44. The van der Waals surface area contributed by atoms with Gasteiger partial charge in [0.25, 0.3) is 0 Å². The van der Waals surface area contributed by atoms with Crippen LogP contribution in [0, 0.1) is 0 Å². The van der Waals surface area contributed by atoms with E-state index in [0.29, 0.717) is 6.04 Å². The van der Waals surface area contributed by atoms with Gasteiger partial charge in [0, 0.05) is 19.2 Å². The summed E-state index contributed by atoms with van der Waals surface area (Å²) >= 11 is 0. The van der Waals surface area contributed by atoms with E-state index in [4.69, 9.17) is 4.74 Å². The average Bonchev–Trinajstić information content (AvgIpc) is 2.41. The zero-order valence-electron chi connectivity index (χ0n) is 12.7. The predicted molar refractivity (Wildman–Crippen MR) is 82.2 cm³/mol. The highest BCUT2D eigenvalue weighted by atomic mass is 16.5. The number of hydrogen-bond donors (Lipinski definition) is 1. The first-order valence-electron chi connectivity index (χ1n) is 7.61. The van der Waals surface area contributed by atoms with E-state index in [-0.39, 0.29) is 0 Å². The van der Waals surface area contributed by atoms with Crippen LogP contribution in [0.25, 0.3) is 0 Å². The van der Waals surface area contributed by atoms with Crippen LogP contribution in [-0.4, -0.2) is 12.6 Å². The van der Waals surface area contributed by atoms with Crippen LogP contribution in [0.2, 0.25) is 0 Å². The molecule has 0 amide bonds. The zero-order valence-corrected chi connectivity index (χ0v) is 12.7. The molecule has 0 bridgehead atoms. The Morgan fingerprint density at radius 3 is 2.63 bits per heavy atom. The minimum absolute atomic E-state index is 0.526. The molecule has 0 saturated heterocycles. The van der Waals surface area contributed by atoms with Crippen molar-refractivity contribution < 1.29 is 4.74 Å². The summed E-state index contributed by atoms with van der Waals surface area (Å²) in [6.45, 7) is 9.13. The lowest BCUT2D eigenvalue weighted by Gasteiger charge is -2.10. The van der Waals surface area contributed by atoms with Gasteiger partial charge in [-0.2, -0.15) is 0 Å². The van der Waals surface area contributed by atoms with Gasteiger partial charge in [-0.15, -0.1) is 0 Å². The molecular weight excluding hydrogens is 234 g/mol. The fourth-order valence-corrected chi connectivity index (χ4v) is 1.97. The molecule has 0 unspecified atom stereocenters. The lowest BCUT2D eigenvalue weighted by Crippen LogP contribution is -2.21. The molecule has 1 N–H and O–H groups in total. The van der Waals surface area contributed by atoms with Crippen molar-refractivity contribution in [2.75, 3.05) is 6.61 Å². The first-order chi connectivity index (χ1) is 9.22. The van der Waals surface area contributed by atoms with Gasteiger partial charge in [0.2, 0.25) is 0 Å². The highest BCUT2D eigenvalue weighted by Crippen LogP contribution is 2.08. The lowest BCUT2D eigenvalue weighted by atomic mass is 10.1. The van der Waals surface area contributed by atoms with Crippen LogP contribution in [0.4, 0.5) is 0 Å². The van der Waals surface area contributed by atoms with Crippen LogP contribution in [0.1, 0.15) is 57.6 Å². The summed E-state index contributed by atoms with van der Waals surface area (Å²) in [5.41, 5.74) is 2.61. The summed E-state index contributed by atoms with van der Waals surface area (Å²) in [6, 6.07) is 9.19. The van der Waals surface area contributed by atoms with Crippen LogP contribution in [0.3, 0.4) is 0 Å². The molecule has 0 saturated carbocycles. The summed E-state index contributed by atoms with van der Waals surface area (Å²) in [6.07, 6.45) is 5.07. The van der Waals surface area contributed by atoms with Crippen LogP contribution in [0.5, 0.6) is 0 Å². The van der Waals surface area contributed by atoms with Crippen molar-refractivity contribution in [3.8, 4) is 0 Å². The van der Waals surface area contributed by atoms with Crippen molar-refractivity contribution >= 4 is 0 Å². The summed E-state index contributed by atoms with van der Waals surface area (Å²) in [7, 11) is 0. The topological polar surface area (TPSA) is 21.3 Å². The first-order valence-corrected chi connectivity index (χ1v) is 7.61.